The van der Waals surface area contributed by atoms with Crippen molar-refractivity contribution in [1.82, 2.24) is 0 Å². The first-order valence-corrected chi connectivity index (χ1v) is 10.6. The number of ether oxygens (including phenoxy) is 2. The molecule has 0 fully saturated rings. The van der Waals surface area contributed by atoms with Crippen molar-refractivity contribution in [1.29, 1.82) is 0 Å². The van der Waals surface area contributed by atoms with E-state index < -0.39 is 18.0 Å². The molecule has 1 atom stereocenters. The summed E-state index contributed by atoms with van der Waals surface area (Å²) in [5, 5.41) is 4.86. The molecule has 5 nitrogen and oxygen atoms in total. The Bertz CT molecular complexity index is 1280. The summed E-state index contributed by atoms with van der Waals surface area (Å²) in [6.07, 6.45) is 2.08. The minimum Gasteiger partial charge on any atom is -0.457 e. The molecule has 0 aliphatic rings. The zero-order valence-corrected chi connectivity index (χ0v) is 18.1. The fourth-order valence-electron chi connectivity index (χ4n) is 3.30. The molecule has 1 amide bonds. The predicted molar refractivity (Wildman–Crippen MR) is 130 cm³/mol. The molecule has 4 aromatic rings. The van der Waals surface area contributed by atoms with Gasteiger partial charge in [0.25, 0.3) is 5.91 Å². The first-order valence-electron chi connectivity index (χ1n) is 10.6. The fraction of sp³-hybridized carbons (Fsp3) is 0.0714. The van der Waals surface area contributed by atoms with E-state index >= 15 is 0 Å². The molecular formula is C28H23NO4. The summed E-state index contributed by atoms with van der Waals surface area (Å²) < 4.78 is 11.0. The average molecular weight is 437 g/mol. The molecule has 1 unspecified atom stereocenters. The van der Waals surface area contributed by atoms with Crippen molar-refractivity contribution in [2.24, 2.45) is 0 Å². The summed E-state index contributed by atoms with van der Waals surface area (Å²) in [5.41, 5.74) is 1.48. The van der Waals surface area contributed by atoms with E-state index in [9.17, 15) is 9.59 Å². The topological polar surface area (TPSA) is 64.6 Å². The lowest BCUT2D eigenvalue weighted by molar-refractivity contribution is -0.148. The SMILES string of the molecule is CC(OC(=O)/C=C/c1cccc2ccccc12)C(=O)Nc1ccc(Oc2ccccc2)cc1. The maximum Gasteiger partial charge on any atom is 0.331 e. The number of rotatable bonds is 7. The maximum atomic E-state index is 12.4. The van der Waals surface area contributed by atoms with Crippen LogP contribution in [0.5, 0.6) is 11.5 Å². The Morgan fingerprint density at radius 2 is 1.45 bits per heavy atom. The number of carbonyl (C=O) groups is 2. The van der Waals surface area contributed by atoms with Crippen molar-refractivity contribution in [3.8, 4) is 11.5 Å². The van der Waals surface area contributed by atoms with Crippen LogP contribution in [0.3, 0.4) is 0 Å². The molecule has 33 heavy (non-hydrogen) atoms. The molecule has 0 radical (unpaired) electrons. The van der Waals surface area contributed by atoms with Crippen molar-refractivity contribution in [3.05, 3.63) is 109 Å². The Morgan fingerprint density at radius 1 is 0.788 bits per heavy atom. The van der Waals surface area contributed by atoms with Gasteiger partial charge in [-0.25, -0.2) is 4.79 Å². The molecule has 0 spiro atoms. The third-order valence-corrected chi connectivity index (χ3v) is 4.99. The standard InChI is InChI=1S/C28H23NO4/c1-20(32-27(30)19-14-22-10-7-9-21-8-5-6-13-26(21)22)28(31)29-23-15-17-25(18-16-23)33-24-11-3-2-4-12-24/h2-20H,1H3,(H,29,31)/b19-14+. The Kier molecular flexibility index (Phi) is 6.81. The van der Waals surface area contributed by atoms with Gasteiger partial charge < -0.3 is 14.8 Å². The van der Waals surface area contributed by atoms with Crippen LogP contribution in [0.25, 0.3) is 16.8 Å². The minimum absolute atomic E-state index is 0.418. The van der Waals surface area contributed by atoms with Crippen LogP contribution in [-0.4, -0.2) is 18.0 Å². The number of anilines is 1. The van der Waals surface area contributed by atoms with Gasteiger partial charge in [0.05, 0.1) is 0 Å². The summed E-state index contributed by atoms with van der Waals surface area (Å²) >= 11 is 0. The number of hydrogen-bond acceptors (Lipinski definition) is 4. The molecule has 0 aromatic heterocycles. The molecule has 164 valence electrons. The number of carbonyl (C=O) groups excluding carboxylic acids is 2. The normalized spacial score (nSPS) is 11.8. The predicted octanol–water partition coefficient (Wildman–Crippen LogP) is 6.22. The lowest BCUT2D eigenvalue weighted by Gasteiger charge is -2.13. The van der Waals surface area contributed by atoms with E-state index in [2.05, 4.69) is 5.32 Å². The Morgan fingerprint density at radius 3 is 2.24 bits per heavy atom. The second-order valence-corrected chi connectivity index (χ2v) is 7.41. The lowest BCUT2D eigenvalue weighted by Crippen LogP contribution is -2.29. The molecule has 4 rings (SSSR count). The highest BCUT2D eigenvalue weighted by Gasteiger charge is 2.16. The van der Waals surface area contributed by atoms with E-state index in [0.717, 1.165) is 22.1 Å². The van der Waals surface area contributed by atoms with Gasteiger partial charge in [0, 0.05) is 11.8 Å². The maximum absolute atomic E-state index is 12.4. The third-order valence-electron chi connectivity index (χ3n) is 4.99. The van der Waals surface area contributed by atoms with Gasteiger partial charge in [0.2, 0.25) is 0 Å². The number of nitrogens with one attached hydrogen (secondary N) is 1. The van der Waals surface area contributed by atoms with Crippen LogP contribution in [-0.2, 0) is 14.3 Å². The number of esters is 1. The fourth-order valence-corrected chi connectivity index (χ4v) is 3.30. The van der Waals surface area contributed by atoms with Crippen molar-refractivity contribution in [2.75, 3.05) is 5.32 Å². The summed E-state index contributed by atoms with van der Waals surface area (Å²) in [6, 6.07) is 30.2. The molecule has 0 saturated carbocycles. The average Bonchev–Trinajstić information content (AvgIpc) is 2.84. The highest BCUT2D eigenvalue weighted by atomic mass is 16.5. The lowest BCUT2D eigenvalue weighted by atomic mass is 10.0. The number of para-hydroxylation sites is 1. The summed E-state index contributed by atoms with van der Waals surface area (Å²) in [5.74, 6) is 0.374. The van der Waals surface area contributed by atoms with E-state index in [0.29, 0.717) is 11.4 Å². The van der Waals surface area contributed by atoms with Crippen LogP contribution in [0.2, 0.25) is 0 Å². The Hall–Kier alpha value is -4.38. The van der Waals surface area contributed by atoms with Gasteiger partial charge in [-0.1, -0.05) is 60.7 Å². The second-order valence-electron chi connectivity index (χ2n) is 7.41. The quantitative estimate of drug-likeness (QED) is 0.276. The van der Waals surface area contributed by atoms with Crippen LogP contribution in [0.1, 0.15) is 12.5 Å². The van der Waals surface area contributed by atoms with E-state index in [1.807, 2.05) is 72.8 Å². The molecule has 1 N–H and O–H groups in total. The van der Waals surface area contributed by atoms with Gasteiger partial charge in [-0.3, -0.25) is 4.79 Å². The zero-order chi connectivity index (χ0) is 23.0. The van der Waals surface area contributed by atoms with Gasteiger partial charge in [0.1, 0.15) is 11.5 Å². The molecule has 0 aliphatic carbocycles. The van der Waals surface area contributed by atoms with Gasteiger partial charge in [-0.15, -0.1) is 0 Å². The van der Waals surface area contributed by atoms with Crippen molar-refractivity contribution >= 4 is 34.4 Å². The largest absolute Gasteiger partial charge is 0.457 e. The Labute approximate surface area is 192 Å². The zero-order valence-electron chi connectivity index (χ0n) is 18.1. The number of benzene rings is 4. The molecule has 0 heterocycles. The van der Waals surface area contributed by atoms with E-state index in [-0.39, 0.29) is 0 Å². The molecule has 0 bridgehead atoms. The smallest absolute Gasteiger partial charge is 0.331 e. The molecule has 0 aliphatic heterocycles. The summed E-state index contributed by atoms with van der Waals surface area (Å²) in [4.78, 5) is 24.7. The van der Waals surface area contributed by atoms with E-state index in [4.69, 9.17) is 9.47 Å². The van der Waals surface area contributed by atoms with Crippen molar-refractivity contribution < 1.29 is 19.1 Å². The number of fused-ring (bicyclic) bond motifs is 1. The monoisotopic (exact) mass is 437 g/mol. The molecule has 5 heteroatoms. The van der Waals surface area contributed by atoms with Gasteiger partial charge >= 0.3 is 5.97 Å². The molecular weight excluding hydrogens is 414 g/mol. The molecule has 0 saturated heterocycles. The van der Waals surface area contributed by atoms with Crippen LogP contribution in [0, 0.1) is 0 Å². The van der Waals surface area contributed by atoms with Crippen molar-refractivity contribution in [3.63, 3.8) is 0 Å². The van der Waals surface area contributed by atoms with E-state index in [1.54, 1.807) is 30.3 Å². The first kappa shape index (κ1) is 21.8. The first-order chi connectivity index (χ1) is 16.1. The van der Waals surface area contributed by atoms with Crippen LogP contribution in [0.4, 0.5) is 5.69 Å². The summed E-state index contributed by atoms with van der Waals surface area (Å²) in [6.45, 7) is 1.53. The second kappa shape index (κ2) is 10.3. The van der Waals surface area contributed by atoms with Gasteiger partial charge in [-0.2, -0.15) is 0 Å². The number of amides is 1. The minimum atomic E-state index is -0.949. The Balaban J connectivity index is 1.31. The van der Waals surface area contributed by atoms with Gasteiger partial charge in [0.15, 0.2) is 6.10 Å². The van der Waals surface area contributed by atoms with Crippen LogP contribution in [0.15, 0.2) is 103 Å². The van der Waals surface area contributed by atoms with Crippen LogP contribution < -0.4 is 10.1 Å². The number of hydrogen-bond donors (Lipinski definition) is 1. The van der Waals surface area contributed by atoms with E-state index in [1.165, 1.54) is 13.0 Å². The summed E-state index contributed by atoms with van der Waals surface area (Å²) in [7, 11) is 0. The highest BCUT2D eigenvalue weighted by molar-refractivity contribution is 5.98. The third kappa shape index (κ3) is 5.86. The van der Waals surface area contributed by atoms with Crippen molar-refractivity contribution in [2.45, 2.75) is 13.0 Å². The van der Waals surface area contributed by atoms with Crippen LogP contribution >= 0.6 is 0 Å². The molecule has 4 aromatic carbocycles. The highest BCUT2D eigenvalue weighted by Crippen LogP contribution is 2.23. The van der Waals surface area contributed by atoms with Gasteiger partial charge in [-0.05, 0) is 65.7 Å².